The molecule has 0 fully saturated rings. The highest BCUT2D eigenvalue weighted by Crippen LogP contribution is 2.29. The second-order valence-corrected chi connectivity index (χ2v) is 5.14. The van der Waals surface area contributed by atoms with Crippen LogP contribution in [0.25, 0.3) is 0 Å². The molecule has 16 heavy (non-hydrogen) atoms. The van der Waals surface area contributed by atoms with Crippen LogP contribution in [-0.2, 0) is 6.54 Å². The first-order chi connectivity index (χ1) is 7.58. The van der Waals surface area contributed by atoms with E-state index in [2.05, 4.69) is 50.8 Å². The second-order valence-electron chi connectivity index (χ2n) is 5.14. The molecule has 0 aliphatic carbocycles. The molecule has 88 valence electrons. The number of benzene rings is 1. The van der Waals surface area contributed by atoms with Gasteiger partial charge >= 0.3 is 0 Å². The van der Waals surface area contributed by atoms with Gasteiger partial charge in [-0.15, -0.1) is 0 Å². The molecule has 0 unspecified atom stereocenters. The Labute approximate surface area is 98.2 Å². The molecule has 0 radical (unpaired) electrons. The summed E-state index contributed by atoms with van der Waals surface area (Å²) in [5.74, 6) is 1.64. The van der Waals surface area contributed by atoms with E-state index in [4.69, 9.17) is 4.74 Å². The van der Waals surface area contributed by atoms with Crippen LogP contribution in [-0.4, -0.2) is 17.7 Å². The van der Waals surface area contributed by atoms with Crippen LogP contribution in [0.2, 0.25) is 0 Å². The van der Waals surface area contributed by atoms with Crippen molar-refractivity contribution in [2.45, 2.75) is 46.2 Å². The average Bonchev–Trinajstić information content (AvgIpc) is 2.27. The molecule has 0 bridgehead atoms. The lowest BCUT2D eigenvalue weighted by atomic mass is 9.99. The van der Waals surface area contributed by atoms with Crippen LogP contribution in [0.15, 0.2) is 18.2 Å². The van der Waals surface area contributed by atoms with E-state index in [1.54, 1.807) is 0 Å². The Morgan fingerprint density at radius 1 is 1.19 bits per heavy atom. The normalized spacial score (nSPS) is 16.4. The molecule has 0 N–H and O–H groups in total. The van der Waals surface area contributed by atoms with Crippen LogP contribution in [0.5, 0.6) is 5.75 Å². The van der Waals surface area contributed by atoms with E-state index in [-0.39, 0.29) is 0 Å². The van der Waals surface area contributed by atoms with Crippen LogP contribution in [0, 0.1) is 0 Å². The zero-order chi connectivity index (χ0) is 11.7. The Hall–Kier alpha value is -1.02. The standard InChI is InChI=1S/C14H21NO/c1-10(2)12-5-6-14-13(7-12)8-15(9-16-14)11(3)4/h5-7,10-11H,8-9H2,1-4H3. The Kier molecular flexibility index (Phi) is 3.20. The summed E-state index contributed by atoms with van der Waals surface area (Å²) in [5.41, 5.74) is 2.72. The molecule has 2 heteroatoms. The van der Waals surface area contributed by atoms with Crippen molar-refractivity contribution in [3.8, 4) is 5.75 Å². The maximum absolute atomic E-state index is 5.76. The molecule has 0 amide bonds. The molecule has 1 aromatic carbocycles. The highest BCUT2D eigenvalue weighted by Gasteiger charge is 2.19. The van der Waals surface area contributed by atoms with E-state index in [9.17, 15) is 0 Å². The van der Waals surface area contributed by atoms with Gasteiger partial charge in [-0.1, -0.05) is 26.0 Å². The van der Waals surface area contributed by atoms with Crippen molar-refractivity contribution in [1.82, 2.24) is 4.90 Å². The topological polar surface area (TPSA) is 12.5 Å². The van der Waals surface area contributed by atoms with Crippen molar-refractivity contribution in [2.24, 2.45) is 0 Å². The van der Waals surface area contributed by atoms with E-state index in [1.807, 2.05) is 0 Å². The van der Waals surface area contributed by atoms with Gasteiger partial charge in [0.05, 0.1) is 0 Å². The molecule has 1 aromatic rings. The summed E-state index contributed by atoms with van der Waals surface area (Å²) in [6, 6.07) is 7.11. The van der Waals surface area contributed by atoms with Gasteiger partial charge in [0, 0.05) is 18.2 Å². The fraction of sp³-hybridized carbons (Fsp3) is 0.571. The van der Waals surface area contributed by atoms with Crippen molar-refractivity contribution in [1.29, 1.82) is 0 Å². The monoisotopic (exact) mass is 219 g/mol. The van der Waals surface area contributed by atoms with Gasteiger partial charge in [0.1, 0.15) is 12.5 Å². The summed E-state index contributed by atoms with van der Waals surface area (Å²) in [4.78, 5) is 2.34. The number of hydrogen-bond acceptors (Lipinski definition) is 2. The molecule has 0 aromatic heterocycles. The lowest BCUT2D eigenvalue weighted by Crippen LogP contribution is -2.37. The van der Waals surface area contributed by atoms with Gasteiger partial charge in [0.15, 0.2) is 0 Å². The minimum Gasteiger partial charge on any atom is -0.478 e. The molecule has 1 aliphatic rings. The van der Waals surface area contributed by atoms with Crippen LogP contribution in [0.3, 0.4) is 0 Å². The molecule has 0 spiro atoms. The summed E-state index contributed by atoms with van der Waals surface area (Å²) in [6.45, 7) is 10.6. The predicted octanol–water partition coefficient (Wildman–Crippen LogP) is 3.37. The molecule has 2 rings (SSSR count). The minimum absolute atomic E-state index is 0.538. The third-order valence-corrected chi connectivity index (χ3v) is 3.24. The number of fused-ring (bicyclic) bond motifs is 1. The summed E-state index contributed by atoms with van der Waals surface area (Å²) in [7, 11) is 0. The fourth-order valence-electron chi connectivity index (χ4n) is 1.97. The third kappa shape index (κ3) is 2.22. The van der Waals surface area contributed by atoms with Crippen molar-refractivity contribution in [2.75, 3.05) is 6.73 Å². The Balaban J connectivity index is 2.25. The Morgan fingerprint density at radius 2 is 1.94 bits per heavy atom. The van der Waals surface area contributed by atoms with Gasteiger partial charge in [-0.05, 0) is 31.4 Å². The first-order valence-electron chi connectivity index (χ1n) is 6.07. The van der Waals surface area contributed by atoms with E-state index in [1.165, 1.54) is 11.1 Å². The lowest BCUT2D eigenvalue weighted by Gasteiger charge is -2.32. The fourth-order valence-corrected chi connectivity index (χ4v) is 1.97. The van der Waals surface area contributed by atoms with E-state index in [0.29, 0.717) is 18.7 Å². The second kappa shape index (κ2) is 4.46. The van der Waals surface area contributed by atoms with E-state index in [0.717, 1.165) is 12.3 Å². The maximum Gasteiger partial charge on any atom is 0.142 e. The van der Waals surface area contributed by atoms with E-state index >= 15 is 0 Å². The molecular weight excluding hydrogens is 198 g/mol. The van der Waals surface area contributed by atoms with Gasteiger partial charge in [-0.25, -0.2) is 0 Å². The molecule has 0 saturated carbocycles. The SMILES string of the molecule is CC(C)c1ccc2c(c1)CN(C(C)C)CO2. The summed E-state index contributed by atoms with van der Waals surface area (Å²) >= 11 is 0. The highest BCUT2D eigenvalue weighted by atomic mass is 16.5. The zero-order valence-electron chi connectivity index (χ0n) is 10.7. The average molecular weight is 219 g/mol. The molecule has 0 saturated heterocycles. The van der Waals surface area contributed by atoms with Crippen molar-refractivity contribution in [3.05, 3.63) is 29.3 Å². The number of hydrogen-bond donors (Lipinski definition) is 0. The number of nitrogens with zero attached hydrogens (tertiary/aromatic N) is 1. The van der Waals surface area contributed by atoms with E-state index < -0.39 is 0 Å². The highest BCUT2D eigenvalue weighted by molar-refractivity contribution is 5.39. The Morgan fingerprint density at radius 3 is 2.56 bits per heavy atom. The van der Waals surface area contributed by atoms with Gasteiger partial charge in [0.25, 0.3) is 0 Å². The summed E-state index contributed by atoms with van der Waals surface area (Å²) in [6.07, 6.45) is 0. The third-order valence-electron chi connectivity index (χ3n) is 3.24. The van der Waals surface area contributed by atoms with Crippen LogP contribution < -0.4 is 4.74 Å². The van der Waals surface area contributed by atoms with Gasteiger partial charge in [-0.2, -0.15) is 0 Å². The van der Waals surface area contributed by atoms with Crippen molar-refractivity contribution in [3.63, 3.8) is 0 Å². The van der Waals surface area contributed by atoms with Crippen molar-refractivity contribution >= 4 is 0 Å². The quantitative estimate of drug-likeness (QED) is 0.756. The van der Waals surface area contributed by atoms with Gasteiger partial charge in [-0.3, -0.25) is 4.90 Å². The molecule has 0 atom stereocenters. The largest absolute Gasteiger partial charge is 0.478 e. The first-order valence-corrected chi connectivity index (χ1v) is 6.07. The molecule has 1 heterocycles. The summed E-state index contributed by atoms with van der Waals surface area (Å²) in [5, 5.41) is 0. The molecular formula is C14H21NO. The smallest absolute Gasteiger partial charge is 0.142 e. The first kappa shape index (κ1) is 11.5. The Bertz CT molecular complexity index is 371. The minimum atomic E-state index is 0.538. The molecule has 2 nitrogen and oxygen atoms in total. The van der Waals surface area contributed by atoms with Crippen molar-refractivity contribution < 1.29 is 4.74 Å². The van der Waals surface area contributed by atoms with Crippen LogP contribution >= 0.6 is 0 Å². The molecule has 1 aliphatic heterocycles. The zero-order valence-corrected chi connectivity index (χ0v) is 10.7. The number of ether oxygens (including phenoxy) is 1. The maximum atomic E-state index is 5.76. The van der Waals surface area contributed by atoms with Gasteiger partial charge in [0.2, 0.25) is 0 Å². The number of rotatable bonds is 2. The van der Waals surface area contributed by atoms with Crippen LogP contribution in [0.1, 0.15) is 44.7 Å². The summed E-state index contributed by atoms with van der Waals surface area (Å²) < 4.78 is 5.76. The predicted molar refractivity (Wildman–Crippen MR) is 66.7 cm³/mol. The van der Waals surface area contributed by atoms with Crippen LogP contribution in [0.4, 0.5) is 0 Å². The van der Waals surface area contributed by atoms with Gasteiger partial charge < -0.3 is 4.74 Å². The lowest BCUT2D eigenvalue weighted by molar-refractivity contribution is 0.0686.